The number of nitriles is 1. The zero-order valence-corrected chi connectivity index (χ0v) is 12.9. The van der Waals surface area contributed by atoms with Crippen LogP contribution < -0.4 is 10.1 Å². The van der Waals surface area contributed by atoms with Crippen molar-refractivity contribution in [3.63, 3.8) is 0 Å². The lowest BCUT2D eigenvalue weighted by molar-refractivity contribution is -0.128. The number of aryl methyl sites for hydroxylation is 2. The van der Waals surface area contributed by atoms with Crippen molar-refractivity contribution in [2.45, 2.75) is 58.6 Å². The van der Waals surface area contributed by atoms with Crippen molar-refractivity contribution in [2.24, 2.45) is 0 Å². The fourth-order valence-corrected chi connectivity index (χ4v) is 2.82. The first-order chi connectivity index (χ1) is 10.0. The molecule has 1 amide bonds. The Balaban J connectivity index is 2.03. The summed E-state index contributed by atoms with van der Waals surface area (Å²) in [6.07, 6.45) is 3.97. The van der Waals surface area contributed by atoms with Crippen molar-refractivity contribution >= 4 is 5.91 Å². The van der Waals surface area contributed by atoms with Crippen LogP contribution in [0.2, 0.25) is 0 Å². The molecule has 0 radical (unpaired) electrons. The average molecular weight is 286 g/mol. The van der Waals surface area contributed by atoms with Crippen molar-refractivity contribution in [1.82, 2.24) is 5.32 Å². The standard InChI is InChI=1S/C17H22N2O2/c1-11-8-14(10-18)9-12(2)16(11)21-13(3)17(20)19-15-6-4-5-7-15/h8-9,13,15H,4-7H2,1-3H3,(H,19,20). The SMILES string of the molecule is Cc1cc(C#N)cc(C)c1OC(C)C(=O)NC1CCCC1. The number of amides is 1. The highest BCUT2D eigenvalue weighted by atomic mass is 16.5. The summed E-state index contributed by atoms with van der Waals surface area (Å²) in [6, 6.07) is 5.99. The van der Waals surface area contributed by atoms with Gasteiger partial charge in [0.15, 0.2) is 6.10 Å². The molecule has 112 valence electrons. The van der Waals surface area contributed by atoms with Crippen LogP contribution in [0.3, 0.4) is 0 Å². The van der Waals surface area contributed by atoms with Crippen molar-refractivity contribution in [3.05, 3.63) is 28.8 Å². The monoisotopic (exact) mass is 286 g/mol. The normalized spacial score (nSPS) is 16.3. The highest BCUT2D eigenvalue weighted by molar-refractivity contribution is 5.81. The van der Waals surface area contributed by atoms with E-state index in [1.165, 1.54) is 12.8 Å². The van der Waals surface area contributed by atoms with E-state index in [0.717, 1.165) is 24.0 Å². The number of rotatable bonds is 4. The van der Waals surface area contributed by atoms with Gasteiger partial charge in [-0.25, -0.2) is 0 Å². The van der Waals surface area contributed by atoms with Gasteiger partial charge in [-0.15, -0.1) is 0 Å². The predicted octanol–water partition coefficient (Wildman–Crippen LogP) is 3.00. The second-order valence-electron chi connectivity index (χ2n) is 5.80. The molecule has 0 heterocycles. The smallest absolute Gasteiger partial charge is 0.260 e. The number of hydrogen-bond acceptors (Lipinski definition) is 3. The molecule has 0 aliphatic heterocycles. The van der Waals surface area contributed by atoms with E-state index in [4.69, 9.17) is 10.00 Å². The van der Waals surface area contributed by atoms with Crippen LogP contribution in [-0.4, -0.2) is 18.1 Å². The van der Waals surface area contributed by atoms with Gasteiger partial charge in [-0.3, -0.25) is 4.79 Å². The Morgan fingerprint density at radius 2 is 1.90 bits per heavy atom. The first-order valence-corrected chi connectivity index (χ1v) is 7.49. The van der Waals surface area contributed by atoms with Gasteiger partial charge in [-0.1, -0.05) is 12.8 Å². The lowest BCUT2D eigenvalue weighted by atomic mass is 10.1. The van der Waals surface area contributed by atoms with Gasteiger partial charge >= 0.3 is 0 Å². The molecule has 0 aromatic heterocycles. The first-order valence-electron chi connectivity index (χ1n) is 7.49. The van der Waals surface area contributed by atoms with E-state index in [9.17, 15) is 4.79 Å². The summed E-state index contributed by atoms with van der Waals surface area (Å²) in [6.45, 7) is 5.55. The molecule has 1 fully saturated rings. The predicted molar refractivity (Wildman–Crippen MR) is 81.1 cm³/mol. The molecule has 1 aliphatic carbocycles. The highest BCUT2D eigenvalue weighted by Crippen LogP contribution is 2.26. The lowest BCUT2D eigenvalue weighted by Gasteiger charge is -2.20. The van der Waals surface area contributed by atoms with E-state index in [2.05, 4.69) is 11.4 Å². The summed E-state index contributed by atoms with van der Waals surface area (Å²) >= 11 is 0. The molecule has 1 aromatic rings. The van der Waals surface area contributed by atoms with Gasteiger partial charge in [0.1, 0.15) is 5.75 Å². The molecule has 21 heavy (non-hydrogen) atoms. The Hall–Kier alpha value is -2.02. The topological polar surface area (TPSA) is 62.1 Å². The third-order valence-corrected chi connectivity index (χ3v) is 3.95. The van der Waals surface area contributed by atoms with Crippen LogP contribution in [0, 0.1) is 25.2 Å². The van der Waals surface area contributed by atoms with E-state index in [-0.39, 0.29) is 5.91 Å². The summed E-state index contributed by atoms with van der Waals surface area (Å²) in [5, 5.41) is 12.0. The molecule has 0 bridgehead atoms. The van der Waals surface area contributed by atoms with Crippen molar-refractivity contribution < 1.29 is 9.53 Å². The number of hydrogen-bond donors (Lipinski definition) is 1. The molecule has 0 saturated heterocycles. The maximum atomic E-state index is 12.2. The van der Waals surface area contributed by atoms with Crippen LogP contribution in [-0.2, 0) is 4.79 Å². The summed E-state index contributed by atoms with van der Waals surface area (Å²) in [7, 11) is 0. The van der Waals surface area contributed by atoms with Gasteiger partial charge in [0.2, 0.25) is 0 Å². The molecular formula is C17H22N2O2. The Morgan fingerprint density at radius 3 is 2.43 bits per heavy atom. The molecule has 4 nitrogen and oxygen atoms in total. The number of nitrogens with one attached hydrogen (secondary N) is 1. The fourth-order valence-electron chi connectivity index (χ4n) is 2.82. The van der Waals surface area contributed by atoms with Gasteiger partial charge in [0.25, 0.3) is 5.91 Å². The maximum absolute atomic E-state index is 12.2. The number of carbonyl (C=O) groups is 1. The fraction of sp³-hybridized carbons (Fsp3) is 0.529. The van der Waals surface area contributed by atoms with Crippen LogP contribution in [0.4, 0.5) is 0 Å². The first kappa shape index (κ1) is 15.4. The minimum absolute atomic E-state index is 0.0648. The second-order valence-corrected chi connectivity index (χ2v) is 5.80. The molecule has 0 spiro atoms. The molecule has 1 atom stereocenters. The van der Waals surface area contributed by atoms with E-state index in [1.54, 1.807) is 19.1 Å². The van der Waals surface area contributed by atoms with E-state index in [1.807, 2.05) is 13.8 Å². The molecule has 1 aliphatic rings. The summed E-state index contributed by atoms with van der Waals surface area (Å²) in [5.41, 5.74) is 2.37. The van der Waals surface area contributed by atoms with Crippen molar-refractivity contribution in [1.29, 1.82) is 5.26 Å². The zero-order valence-electron chi connectivity index (χ0n) is 12.9. The van der Waals surface area contributed by atoms with E-state index < -0.39 is 6.10 Å². The Bertz CT molecular complexity index is 546. The Morgan fingerprint density at radius 1 is 1.33 bits per heavy atom. The zero-order chi connectivity index (χ0) is 15.4. The third kappa shape index (κ3) is 3.75. The number of nitrogens with zero attached hydrogens (tertiary/aromatic N) is 1. The minimum atomic E-state index is -0.532. The number of carbonyl (C=O) groups excluding carboxylic acids is 1. The summed E-state index contributed by atoms with van der Waals surface area (Å²) in [4.78, 5) is 12.2. The van der Waals surface area contributed by atoms with Crippen LogP contribution in [0.15, 0.2) is 12.1 Å². The lowest BCUT2D eigenvalue weighted by Crippen LogP contribution is -2.41. The number of benzene rings is 1. The van der Waals surface area contributed by atoms with Gasteiger partial charge in [-0.2, -0.15) is 5.26 Å². The van der Waals surface area contributed by atoms with Crippen LogP contribution >= 0.6 is 0 Å². The van der Waals surface area contributed by atoms with Crippen LogP contribution in [0.25, 0.3) is 0 Å². The van der Waals surface area contributed by atoms with Crippen molar-refractivity contribution in [2.75, 3.05) is 0 Å². The Labute approximate surface area is 126 Å². The van der Waals surface area contributed by atoms with Crippen LogP contribution in [0.1, 0.15) is 49.3 Å². The highest BCUT2D eigenvalue weighted by Gasteiger charge is 2.22. The van der Waals surface area contributed by atoms with Gasteiger partial charge in [0, 0.05) is 6.04 Å². The van der Waals surface area contributed by atoms with Gasteiger partial charge in [0.05, 0.1) is 11.6 Å². The summed E-state index contributed by atoms with van der Waals surface area (Å²) in [5.74, 6) is 0.633. The van der Waals surface area contributed by atoms with Gasteiger partial charge < -0.3 is 10.1 Å². The molecule has 1 saturated carbocycles. The minimum Gasteiger partial charge on any atom is -0.480 e. The van der Waals surface area contributed by atoms with E-state index in [0.29, 0.717) is 17.4 Å². The molecular weight excluding hydrogens is 264 g/mol. The second kappa shape index (κ2) is 6.62. The molecule has 4 heteroatoms. The third-order valence-electron chi connectivity index (χ3n) is 3.95. The molecule has 1 unspecified atom stereocenters. The Kier molecular flexibility index (Phi) is 4.85. The number of ether oxygens (including phenoxy) is 1. The quantitative estimate of drug-likeness (QED) is 0.925. The summed E-state index contributed by atoms with van der Waals surface area (Å²) < 4.78 is 5.83. The maximum Gasteiger partial charge on any atom is 0.260 e. The molecule has 2 rings (SSSR count). The van der Waals surface area contributed by atoms with E-state index >= 15 is 0 Å². The largest absolute Gasteiger partial charge is 0.480 e. The molecule has 1 N–H and O–H groups in total. The molecule has 1 aromatic carbocycles. The average Bonchev–Trinajstić information content (AvgIpc) is 2.95. The van der Waals surface area contributed by atoms with Crippen molar-refractivity contribution in [3.8, 4) is 11.8 Å². The van der Waals surface area contributed by atoms with Crippen LogP contribution in [0.5, 0.6) is 5.75 Å². The van der Waals surface area contributed by atoms with Gasteiger partial charge in [-0.05, 0) is 56.9 Å².